The quantitative estimate of drug-likeness (QED) is 0.581. The highest BCUT2D eigenvalue weighted by molar-refractivity contribution is 4.92. The van der Waals surface area contributed by atoms with E-state index in [1.54, 1.807) is 0 Å². The van der Waals surface area contributed by atoms with Crippen LogP contribution in [0.1, 0.15) is 19.3 Å². The fraction of sp³-hybridized carbons (Fsp3) is 1.00. The van der Waals surface area contributed by atoms with Crippen molar-refractivity contribution in [1.82, 2.24) is 4.90 Å². The molecule has 18 heavy (non-hydrogen) atoms. The number of ether oxygens (including phenoxy) is 1. The number of hydrogen-bond donors (Lipinski definition) is 0. The van der Waals surface area contributed by atoms with Gasteiger partial charge in [-0.3, -0.25) is 4.70 Å². The van der Waals surface area contributed by atoms with Crippen molar-refractivity contribution in [3.8, 4) is 0 Å². The van der Waals surface area contributed by atoms with Crippen LogP contribution < -0.4 is 0 Å². The molecule has 0 bridgehead atoms. The summed E-state index contributed by atoms with van der Waals surface area (Å²) in [7, 11) is 0.264. The number of alkyl halides is 6. The molecule has 9 heteroatoms. The Labute approximate surface area is 99.2 Å². The molecule has 0 aromatic heterocycles. The van der Waals surface area contributed by atoms with Gasteiger partial charge in [-0.1, -0.05) is 6.42 Å². The van der Waals surface area contributed by atoms with Gasteiger partial charge >= 0.3 is 18.1 Å². The molecule has 1 aliphatic rings. The van der Waals surface area contributed by atoms with Crippen molar-refractivity contribution >= 4 is 0 Å². The summed E-state index contributed by atoms with van der Waals surface area (Å²) in [6.45, 7) is -0.662. The van der Waals surface area contributed by atoms with Gasteiger partial charge in [-0.2, -0.15) is 26.3 Å². The van der Waals surface area contributed by atoms with Crippen LogP contribution in [0.4, 0.5) is 31.0 Å². The number of rotatable bonds is 4. The molecule has 0 aromatic rings. The second-order valence-corrected chi connectivity index (χ2v) is 3.88. The number of nitrogens with zero attached hydrogens (tertiary/aromatic N) is 1. The molecule has 1 fully saturated rings. The normalized spacial score (nSPS) is 19.5. The molecule has 0 spiro atoms. The zero-order valence-electron chi connectivity index (χ0n) is 9.57. The summed E-state index contributed by atoms with van der Waals surface area (Å²) in [5, 5.41) is 0. The van der Waals surface area contributed by atoms with Crippen molar-refractivity contribution < 1.29 is 35.8 Å². The molecule has 1 aliphatic heterocycles. The topological polar surface area (TPSA) is 12.5 Å². The molecule has 0 atom stereocenters. The zero-order chi connectivity index (χ0) is 13.3. The van der Waals surface area contributed by atoms with Crippen molar-refractivity contribution in [2.75, 3.05) is 20.2 Å². The Morgan fingerprint density at radius 1 is 0.889 bits per heavy atom. The van der Waals surface area contributed by atoms with Crippen molar-refractivity contribution in [2.45, 2.75) is 37.3 Å². The fourth-order valence-electron chi connectivity index (χ4n) is 1.68. The van der Waals surface area contributed by atoms with E-state index in [0.29, 0.717) is 6.42 Å². The van der Waals surface area contributed by atoms with Crippen molar-refractivity contribution in [3.63, 3.8) is 0 Å². The van der Waals surface area contributed by atoms with Gasteiger partial charge in [-0.25, -0.2) is 4.90 Å². The Bertz CT molecular complexity index is 266. The molecule has 0 aromatic carbocycles. The maximum atomic E-state index is 13.4. The predicted molar refractivity (Wildman–Crippen MR) is 49.8 cm³/mol. The highest BCUT2D eigenvalue weighted by atomic mass is 19.4. The highest BCUT2D eigenvalue weighted by Crippen LogP contribution is 2.48. The molecular weight excluding hydrogens is 271 g/mol. The van der Waals surface area contributed by atoms with Crippen LogP contribution in [0.15, 0.2) is 0 Å². The number of hydrogen-bond acceptors (Lipinski definition) is 2. The second-order valence-electron chi connectivity index (χ2n) is 3.88. The minimum absolute atomic E-state index is 0. The molecule has 1 saturated heterocycles. The average Bonchev–Trinajstić information content (AvgIpc) is 2.29. The Hall–Kier alpha value is -0.570. The van der Waals surface area contributed by atoms with Gasteiger partial charge in [0.05, 0.1) is 0 Å². The van der Waals surface area contributed by atoms with E-state index in [1.807, 2.05) is 0 Å². The lowest BCUT2D eigenvalue weighted by molar-refractivity contribution is -0.418. The first-order valence-electron chi connectivity index (χ1n) is 5.10. The minimum Gasteiger partial charge on any atom is -0.319 e. The van der Waals surface area contributed by atoms with Crippen molar-refractivity contribution in [2.24, 2.45) is 0 Å². The van der Waals surface area contributed by atoms with Crippen LogP contribution in [0.2, 0.25) is 0 Å². The molecular formula is C9H14F7NO. The van der Waals surface area contributed by atoms with Crippen LogP contribution in [0.5, 0.6) is 0 Å². The molecule has 1 rings (SSSR count). The lowest BCUT2D eigenvalue weighted by Crippen LogP contribution is -2.63. The minimum atomic E-state index is -5.56. The summed E-state index contributed by atoms with van der Waals surface area (Å²) in [6.07, 6.45) is -4.01. The van der Waals surface area contributed by atoms with Crippen LogP contribution in [-0.4, -0.2) is 43.2 Å². The summed E-state index contributed by atoms with van der Waals surface area (Å²) in [6, 6.07) is -4.92. The number of piperidine rings is 1. The zero-order valence-corrected chi connectivity index (χ0v) is 9.57. The maximum Gasteiger partial charge on any atom is 0.427 e. The first kappa shape index (κ1) is 17.4. The molecule has 0 amide bonds. The van der Waals surface area contributed by atoms with Crippen LogP contribution in [-0.2, 0) is 4.74 Å². The Kier molecular flexibility index (Phi) is 5.42. The molecule has 2 nitrogen and oxygen atoms in total. The number of likely N-dealkylation sites (tertiary alicyclic amines) is 1. The van der Waals surface area contributed by atoms with E-state index in [1.165, 1.54) is 0 Å². The van der Waals surface area contributed by atoms with E-state index in [4.69, 9.17) is 0 Å². The summed E-state index contributed by atoms with van der Waals surface area (Å²) >= 11 is 0. The van der Waals surface area contributed by atoms with Crippen LogP contribution in [0.25, 0.3) is 0 Å². The molecule has 0 saturated carbocycles. The standard InChI is InChI=1S/C9H13F6NO.FH/c1-17-9(14,15)7(10,11)8(12,13)16-5-3-2-4-6-16;/h2-6H2,1H3;1H. The summed E-state index contributed by atoms with van der Waals surface area (Å²) in [5.41, 5.74) is 0. The highest BCUT2D eigenvalue weighted by Gasteiger charge is 2.74. The fourth-order valence-corrected chi connectivity index (χ4v) is 1.68. The smallest absolute Gasteiger partial charge is 0.319 e. The van der Waals surface area contributed by atoms with Gasteiger partial charge in [0.2, 0.25) is 0 Å². The van der Waals surface area contributed by atoms with E-state index in [9.17, 15) is 26.3 Å². The lowest BCUT2D eigenvalue weighted by Gasteiger charge is -2.39. The molecule has 0 N–H and O–H groups in total. The van der Waals surface area contributed by atoms with Gasteiger partial charge in [0, 0.05) is 20.2 Å². The maximum absolute atomic E-state index is 13.4. The summed E-state index contributed by atoms with van der Waals surface area (Å²) in [4.78, 5) is 0.0867. The van der Waals surface area contributed by atoms with Crippen LogP contribution in [0.3, 0.4) is 0 Å². The van der Waals surface area contributed by atoms with Gasteiger partial charge in [-0.05, 0) is 12.8 Å². The summed E-state index contributed by atoms with van der Waals surface area (Å²) < 4.78 is 81.6. The number of halogens is 7. The third-order valence-corrected chi connectivity index (χ3v) is 2.75. The Morgan fingerprint density at radius 3 is 1.72 bits per heavy atom. The number of methoxy groups -OCH3 is 1. The van der Waals surface area contributed by atoms with E-state index >= 15 is 0 Å². The van der Waals surface area contributed by atoms with Crippen LogP contribution >= 0.6 is 0 Å². The second kappa shape index (κ2) is 5.60. The van der Waals surface area contributed by atoms with Crippen molar-refractivity contribution in [1.29, 1.82) is 0 Å². The Balaban J connectivity index is 0.00000289. The van der Waals surface area contributed by atoms with Crippen molar-refractivity contribution in [3.05, 3.63) is 0 Å². The molecule has 0 unspecified atom stereocenters. The van der Waals surface area contributed by atoms with Crippen LogP contribution in [0, 0.1) is 0 Å². The molecule has 1 heterocycles. The SMILES string of the molecule is COC(F)(F)C(F)(F)C(F)(F)N1CCCCC1.F. The van der Waals surface area contributed by atoms with E-state index in [0.717, 1.165) is 0 Å². The molecule has 110 valence electrons. The van der Waals surface area contributed by atoms with Gasteiger partial charge in [-0.15, -0.1) is 0 Å². The lowest BCUT2D eigenvalue weighted by atomic mass is 10.1. The third kappa shape index (κ3) is 2.71. The van der Waals surface area contributed by atoms with Gasteiger partial charge in [0.15, 0.2) is 0 Å². The van der Waals surface area contributed by atoms with E-state index < -0.39 is 18.1 Å². The first-order chi connectivity index (χ1) is 7.67. The van der Waals surface area contributed by atoms with E-state index in [-0.39, 0.29) is 42.6 Å². The first-order valence-corrected chi connectivity index (χ1v) is 5.10. The molecule has 0 radical (unpaired) electrons. The molecule has 0 aliphatic carbocycles. The van der Waals surface area contributed by atoms with Gasteiger partial charge < -0.3 is 4.74 Å². The van der Waals surface area contributed by atoms with E-state index in [2.05, 4.69) is 4.74 Å². The average molecular weight is 285 g/mol. The van der Waals surface area contributed by atoms with Gasteiger partial charge in [0.1, 0.15) is 0 Å². The Morgan fingerprint density at radius 2 is 1.33 bits per heavy atom. The monoisotopic (exact) mass is 285 g/mol. The largest absolute Gasteiger partial charge is 0.427 e. The summed E-state index contributed by atoms with van der Waals surface area (Å²) in [5.74, 6) is -5.56. The predicted octanol–water partition coefficient (Wildman–Crippen LogP) is 3.09. The third-order valence-electron chi connectivity index (χ3n) is 2.75. The van der Waals surface area contributed by atoms with Gasteiger partial charge in [0.25, 0.3) is 0 Å².